The number of hydrogen-bond donors (Lipinski definition) is 0. The number of benzene rings is 2. The highest BCUT2D eigenvalue weighted by atomic mass is 16.6. The maximum Gasteiger partial charge on any atom is 0.338 e. The van der Waals surface area contributed by atoms with Gasteiger partial charge in [-0.05, 0) is 38.5 Å². The van der Waals surface area contributed by atoms with Crippen LogP contribution < -0.4 is 0 Å². The zero-order valence-electron chi connectivity index (χ0n) is 12.7. The van der Waals surface area contributed by atoms with E-state index in [0.717, 1.165) is 11.1 Å². The predicted octanol–water partition coefficient (Wildman–Crippen LogP) is 4.13. The van der Waals surface area contributed by atoms with Crippen LogP contribution in [0.25, 0.3) is 0 Å². The molecule has 0 unspecified atom stereocenters. The lowest BCUT2D eigenvalue weighted by Crippen LogP contribution is -2.09. The Morgan fingerprint density at radius 3 is 2.32 bits per heavy atom. The molecule has 5 heteroatoms. The van der Waals surface area contributed by atoms with E-state index < -0.39 is 10.9 Å². The van der Waals surface area contributed by atoms with Gasteiger partial charge >= 0.3 is 5.97 Å². The number of nitro groups is 1. The molecule has 0 aliphatic carbocycles. The first-order valence-electron chi connectivity index (χ1n) is 6.91. The van der Waals surface area contributed by atoms with Crippen LogP contribution in [-0.2, 0) is 4.74 Å². The van der Waals surface area contributed by atoms with Crippen LogP contribution in [0.1, 0.15) is 40.1 Å². The fraction of sp³-hybridized carbons (Fsp3) is 0.235. The maximum atomic E-state index is 12.1. The molecule has 2 rings (SSSR count). The van der Waals surface area contributed by atoms with Crippen molar-refractivity contribution in [2.75, 3.05) is 0 Å². The van der Waals surface area contributed by atoms with Gasteiger partial charge in [0, 0.05) is 11.6 Å². The highest BCUT2D eigenvalue weighted by Crippen LogP contribution is 2.22. The Balaban J connectivity index is 2.13. The summed E-state index contributed by atoms with van der Waals surface area (Å²) in [4.78, 5) is 22.4. The molecule has 5 nitrogen and oxygen atoms in total. The van der Waals surface area contributed by atoms with Crippen LogP contribution in [0, 0.1) is 24.0 Å². The third kappa shape index (κ3) is 3.49. The SMILES string of the molecule is Cc1ccc([C@H](C)OC(=O)c2ccc([N+](=O)[O-])c(C)c2)cc1. The Kier molecular flexibility index (Phi) is 4.56. The average molecular weight is 299 g/mol. The second kappa shape index (κ2) is 6.39. The molecule has 0 aliphatic rings. The van der Waals surface area contributed by atoms with E-state index in [1.165, 1.54) is 18.2 Å². The molecule has 0 radical (unpaired) electrons. The minimum Gasteiger partial charge on any atom is -0.454 e. The second-order valence-electron chi connectivity index (χ2n) is 5.22. The van der Waals surface area contributed by atoms with Gasteiger partial charge in [0.25, 0.3) is 5.69 Å². The Bertz CT molecular complexity index is 707. The molecule has 0 amide bonds. The number of carbonyl (C=O) groups is 1. The molecule has 22 heavy (non-hydrogen) atoms. The molecule has 2 aromatic rings. The van der Waals surface area contributed by atoms with Crippen LogP contribution in [-0.4, -0.2) is 10.9 Å². The van der Waals surface area contributed by atoms with Gasteiger partial charge in [-0.15, -0.1) is 0 Å². The van der Waals surface area contributed by atoms with Crippen molar-refractivity contribution in [3.05, 3.63) is 74.8 Å². The third-order valence-electron chi connectivity index (χ3n) is 3.46. The first-order valence-corrected chi connectivity index (χ1v) is 6.91. The summed E-state index contributed by atoms with van der Waals surface area (Å²) in [5, 5.41) is 10.8. The first-order chi connectivity index (χ1) is 10.4. The number of esters is 1. The number of hydrogen-bond acceptors (Lipinski definition) is 4. The highest BCUT2D eigenvalue weighted by Gasteiger charge is 2.17. The van der Waals surface area contributed by atoms with Gasteiger partial charge in [0.2, 0.25) is 0 Å². The van der Waals surface area contributed by atoms with Crippen molar-refractivity contribution in [1.29, 1.82) is 0 Å². The number of rotatable bonds is 4. The van der Waals surface area contributed by atoms with Gasteiger partial charge in [0.15, 0.2) is 0 Å². The molecule has 0 saturated heterocycles. The van der Waals surface area contributed by atoms with Crippen LogP contribution >= 0.6 is 0 Å². The van der Waals surface area contributed by atoms with Gasteiger partial charge in [0.1, 0.15) is 6.10 Å². The van der Waals surface area contributed by atoms with Gasteiger partial charge in [-0.1, -0.05) is 29.8 Å². The molecule has 2 aromatic carbocycles. The number of nitrogens with zero attached hydrogens (tertiary/aromatic N) is 1. The van der Waals surface area contributed by atoms with E-state index in [9.17, 15) is 14.9 Å². The Morgan fingerprint density at radius 1 is 1.14 bits per heavy atom. The second-order valence-corrected chi connectivity index (χ2v) is 5.22. The van der Waals surface area contributed by atoms with Crippen molar-refractivity contribution in [2.24, 2.45) is 0 Å². The van der Waals surface area contributed by atoms with E-state index >= 15 is 0 Å². The summed E-state index contributed by atoms with van der Waals surface area (Å²) in [6.07, 6.45) is -0.386. The average Bonchev–Trinajstić information content (AvgIpc) is 2.47. The summed E-state index contributed by atoms with van der Waals surface area (Å²) >= 11 is 0. The minimum atomic E-state index is -0.494. The Morgan fingerprint density at radius 2 is 1.77 bits per heavy atom. The van der Waals surface area contributed by atoms with E-state index in [4.69, 9.17) is 4.74 Å². The number of carbonyl (C=O) groups excluding carboxylic acids is 1. The largest absolute Gasteiger partial charge is 0.454 e. The van der Waals surface area contributed by atoms with E-state index in [-0.39, 0.29) is 11.8 Å². The summed E-state index contributed by atoms with van der Waals surface area (Å²) in [6, 6.07) is 11.9. The molecular weight excluding hydrogens is 282 g/mol. The lowest BCUT2D eigenvalue weighted by Gasteiger charge is -2.14. The summed E-state index contributed by atoms with van der Waals surface area (Å²) in [6.45, 7) is 5.37. The van der Waals surface area contributed by atoms with Gasteiger partial charge in [-0.2, -0.15) is 0 Å². The first kappa shape index (κ1) is 15.7. The number of ether oxygens (including phenoxy) is 1. The zero-order valence-corrected chi connectivity index (χ0v) is 12.7. The molecule has 0 saturated carbocycles. The van der Waals surface area contributed by atoms with Crippen LogP contribution in [0.4, 0.5) is 5.69 Å². The molecule has 0 N–H and O–H groups in total. The fourth-order valence-electron chi connectivity index (χ4n) is 2.12. The van der Waals surface area contributed by atoms with Crippen molar-refractivity contribution in [1.82, 2.24) is 0 Å². The Hall–Kier alpha value is -2.69. The van der Waals surface area contributed by atoms with E-state index in [1.54, 1.807) is 13.8 Å². The Labute approximate surface area is 128 Å². The zero-order chi connectivity index (χ0) is 16.3. The maximum absolute atomic E-state index is 12.1. The molecule has 0 spiro atoms. The van der Waals surface area contributed by atoms with Gasteiger partial charge < -0.3 is 4.74 Å². The summed E-state index contributed by atoms with van der Waals surface area (Å²) in [5.41, 5.74) is 2.76. The molecule has 0 bridgehead atoms. The molecule has 0 fully saturated rings. The fourth-order valence-corrected chi connectivity index (χ4v) is 2.12. The van der Waals surface area contributed by atoms with Crippen molar-refractivity contribution >= 4 is 11.7 Å². The van der Waals surface area contributed by atoms with Gasteiger partial charge in [-0.3, -0.25) is 10.1 Å². The van der Waals surface area contributed by atoms with E-state index in [1.807, 2.05) is 31.2 Å². The predicted molar refractivity (Wildman–Crippen MR) is 82.8 cm³/mol. The molecule has 0 aromatic heterocycles. The standard InChI is InChI=1S/C17H17NO4/c1-11-4-6-14(7-5-11)13(3)22-17(19)15-8-9-16(18(20)21)12(2)10-15/h4-10,13H,1-3H3/t13-/m0/s1. The smallest absolute Gasteiger partial charge is 0.338 e. The van der Waals surface area contributed by atoms with E-state index in [2.05, 4.69) is 0 Å². The molecular formula is C17H17NO4. The monoisotopic (exact) mass is 299 g/mol. The topological polar surface area (TPSA) is 69.4 Å². The summed E-state index contributed by atoms with van der Waals surface area (Å²) < 4.78 is 5.41. The van der Waals surface area contributed by atoms with Crippen LogP contribution in [0.5, 0.6) is 0 Å². The number of nitro benzene ring substituents is 1. The van der Waals surface area contributed by atoms with E-state index in [0.29, 0.717) is 11.1 Å². The molecule has 1 atom stereocenters. The highest BCUT2D eigenvalue weighted by molar-refractivity contribution is 5.90. The van der Waals surface area contributed by atoms with Crippen LogP contribution in [0.3, 0.4) is 0 Å². The van der Waals surface area contributed by atoms with Crippen molar-refractivity contribution in [3.8, 4) is 0 Å². The molecule has 0 heterocycles. The number of aryl methyl sites for hydroxylation is 2. The van der Waals surface area contributed by atoms with Crippen LogP contribution in [0.15, 0.2) is 42.5 Å². The summed E-state index contributed by atoms with van der Waals surface area (Å²) in [5.74, 6) is -0.494. The lowest BCUT2D eigenvalue weighted by atomic mass is 10.1. The minimum absolute atomic E-state index is 0.0110. The normalized spacial score (nSPS) is 11.8. The van der Waals surface area contributed by atoms with Crippen molar-refractivity contribution < 1.29 is 14.5 Å². The lowest BCUT2D eigenvalue weighted by molar-refractivity contribution is -0.385. The van der Waals surface area contributed by atoms with Gasteiger partial charge in [0.05, 0.1) is 10.5 Å². The van der Waals surface area contributed by atoms with Crippen molar-refractivity contribution in [2.45, 2.75) is 26.9 Å². The summed E-state index contributed by atoms with van der Waals surface area (Å²) in [7, 11) is 0. The van der Waals surface area contributed by atoms with Crippen molar-refractivity contribution in [3.63, 3.8) is 0 Å². The van der Waals surface area contributed by atoms with Crippen LogP contribution in [0.2, 0.25) is 0 Å². The molecule has 0 aliphatic heterocycles. The van der Waals surface area contributed by atoms with Gasteiger partial charge in [-0.25, -0.2) is 4.79 Å². The molecule has 114 valence electrons. The quantitative estimate of drug-likeness (QED) is 0.483. The third-order valence-corrected chi connectivity index (χ3v) is 3.46.